The molecule has 18 heteroatoms. The van der Waals surface area contributed by atoms with E-state index in [-0.39, 0.29) is 44.3 Å². The summed E-state index contributed by atoms with van der Waals surface area (Å²) in [6.07, 6.45) is -3.20. The summed E-state index contributed by atoms with van der Waals surface area (Å²) in [4.78, 5) is 38.1. The fourth-order valence-electron chi connectivity index (χ4n) is 2.48. The Morgan fingerprint density at radius 2 is 1.86 bits per heavy atom. The van der Waals surface area contributed by atoms with Crippen molar-refractivity contribution < 1.29 is 47.6 Å². The van der Waals surface area contributed by atoms with Gasteiger partial charge in [-0.1, -0.05) is 0 Å². The number of fused-ring (bicyclic) bond motifs is 1. The molecule has 1 unspecified atom stereocenters. The van der Waals surface area contributed by atoms with Crippen molar-refractivity contribution in [1.29, 1.82) is 0 Å². The number of nitrogens with two attached hydrogens (primary N) is 1. The van der Waals surface area contributed by atoms with Gasteiger partial charge >= 0.3 is 15.6 Å². The van der Waals surface area contributed by atoms with Gasteiger partial charge in [-0.3, -0.25) is 9.09 Å². The van der Waals surface area contributed by atoms with Gasteiger partial charge in [0.1, 0.15) is 30.2 Å². The predicted octanol–water partition coefficient (Wildman–Crippen LogP) is -2.13. The van der Waals surface area contributed by atoms with Crippen LogP contribution in [0.5, 0.6) is 0 Å². The zero-order valence-electron chi connectivity index (χ0n) is 13.7. The number of phosphoric acid groups is 2. The summed E-state index contributed by atoms with van der Waals surface area (Å²) < 4.78 is 36.8. The molecule has 3 rings (SSSR count). The number of aromatic nitrogens is 4. The summed E-state index contributed by atoms with van der Waals surface area (Å²) in [6, 6.07) is 0. The first-order valence-electron chi connectivity index (χ1n) is 7.17. The second-order valence-electron chi connectivity index (χ2n) is 5.47. The molecule has 7 N–H and O–H groups in total. The van der Waals surface area contributed by atoms with E-state index in [1.165, 1.54) is 10.9 Å². The van der Waals surface area contributed by atoms with Crippen LogP contribution in [0.3, 0.4) is 0 Å². The summed E-state index contributed by atoms with van der Waals surface area (Å²) in [5, 5.41) is 20.3. The third-order valence-corrected chi connectivity index (χ3v) is 5.76. The molecule has 1 aliphatic heterocycles. The molecule has 2 aromatic rings. The smallest absolute Gasteiger partial charge is 0.387 e. The van der Waals surface area contributed by atoms with E-state index in [4.69, 9.17) is 20.3 Å². The zero-order chi connectivity index (χ0) is 20.0. The van der Waals surface area contributed by atoms with E-state index < -0.39 is 46.8 Å². The standard InChI is InChI=1S/C10H15N5O10P2.Pb/c11-8-5-9(13-2-12-8)15(3-14-5)10-7(17)6(16)4(24-10)1-23-27(21,22)25-26(18,19)20;/h2-4,6-7,10,16-17H,1H2,(H,21,22)(H2,11,12,13)(H2,18,19,20);/t4-,6-,7-,10-;/m1./s1. The first-order valence-corrected chi connectivity index (χ1v) is 10.2. The minimum absolute atomic E-state index is 0. The van der Waals surface area contributed by atoms with Crippen molar-refractivity contribution in [1.82, 2.24) is 19.5 Å². The Morgan fingerprint density at radius 3 is 2.50 bits per heavy atom. The molecule has 1 aliphatic rings. The van der Waals surface area contributed by atoms with Gasteiger partial charge < -0.3 is 35.4 Å². The van der Waals surface area contributed by atoms with Gasteiger partial charge in [0.05, 0.1) is 12.9 Å². The fourth-order valence-corrected chi connectivity index (χ4v) is 4.08. The minimum Gasteiger partial charge on any atom is -0.387 e. The topological polar surface area (TPSA) is 233 Å². The Labute approximate surface area is 176 Å². The van der Waals surface area contributed by atoms with Crippen molar-refractivity contribution in [2.24, 2.45) is 0 Å². The maximum Gasteiger partial charge on any atom is 0.481 e. The second kappa shape index (κ2) is 8.65. The molecule has 0 spiro atoms. The molecule has 2 aromatic heterocycles. The SMILES string of the molecule is Nc1ncnc2c1ncn2[C@@H]1O[C@H](COP(=O)(O)OP(=O)(O)O)[C@@H](O)[C@H]1O.[Pb]. The van der Waals surface area contributed by atoms with E-state index >= 15 is 0 Å². The van der Waals surface area contributed by atoms with Gasteiger partial charge in [0.25, 0.3) is 0 Å². The van der Waals surface area contributed by atoms with E-state index in [1.54, 1.807) is 0 Å². The average molecular weight is 634 g/mol. The number of aliphatic hydroxyl groups is 2. The molecule has 0 aromatic carbocycles. The second-order valence-corrected chi connectivity index (χ2v) is 8.30. The number of hydrogen-bond acceptors (Lipinski definition) is 11. The van der Waals surface area contributed by atoms with Crippen LogP contribution in [0.15, 0.2) is 12.7 Å². The molecule has 154 valence electrons. The quantitative estimate of drug-likeness (QED) is 0.147. The van der Waals surface area contributed by atoms with E-state index in [2.05, 4.69) is 23.8 Å². The van der Waals surface area contributed by atoms with Crippen LogP contribution in [0.2, 0.25) is 0 Å². The predicted molar refractivity (Wildman–Crippen MR) is 90.3 cm³/mol. The fraction of sp³-hybridized carbons (Fsp3) is 0.500. The maximum atomic E-state index is 11.5. The van der Waals surface area contributed by atoms with Crippen molar-refractivity contribution in [2.75, 3.05) is 12.3 Å². The monoisotopic (exact) mass is 635 g/mol. The van der Waals surface area contributed by atoms with Gasteiger partial charge in [-0.15, -0.1) is 0 Å². The summed E-state index contributed by atoms with van der Waals surface area (Å²) in [6.45, 7) is -0.813. The average Bonchev–Trinajstić information content (AvgIpc) is 3.07. The number of nitrogens with zero attached hydrogens (tertiary/aromatic N) is 4. The van der Waals surface area contributed by atoms with Gasteiger partial charge in [0.2, 0.25) is 0 Å². The first-order chi connectivity index (χ1) is 12.5. The molecule has 0 aliphatic carbocycles. The van der Waals surface area contributed by atoms with Gasteiger partial charge in [-0.25, -0.2) is 24.1 Å². The molecule has 5 atom stereocenters. The van der Waals surface area contributed by atoms with Crippen molar-refractivity contribution in [2.45, 2.75) is 24.5 Å². The van der Waals surface area contributed by atoms with E-state index in [1.807, 2.05) is 0 Å². The molecule has 15 nitrogen and oxygen atoms in total. The summed E-state index contributed by atoms with van der Waals surface area (Å²) in [7, 11) is -10.4. The van der Waals surface area contributed by atoms with Crippen LogP contribution >= 0.6 is 15.6 Å². The third-order valence-electron chi connectivity index (χ3n) is 3.61. The minimum atomic E-state index is -5.29. The molecule has 28 heavy (non-hydrogen) atoms. The molecule has 0 bridgehead atoms. The molecular formula is C10H15N5O10P2Pb. The molecule has 0 saturated carbocycles. The number of imidazole rings is 1. The van der Waals surface area contributed by atoms with Crippen LogP contribution in [0.1, 0.15) is 6.23 Å². The Hall–Kier alpha value is -0.588. The van der Waals surface area contributed by atoms with Crippen molar-refractivity contribution in [3.05, 3.63) is 12.7 Å². The zero-order valence-corrected chi connectivity index (χ0v) is 19.4. The van der Waals surface area contributed by atoms with Crippen molar-refractivity contribution >= 4 is 59.9 Å². The third kappa shape index (κ3) is 5.12. The number of phosphoric ester groups is 1. The molecule has 0 amide bonds. The Bertz CT molecular complexity index is 938. The van der Waals surface area contributed by atoms with Crippen LogP contribution in [0.25, 0.3) is 11.2 Å². The van der Waals surface area contributed by atoms with E-state index in [9.17, 15) is 24.2 Å². The van der Waals surface area contributed by atoms with E-state index in [0.717, 1.165) is 6.33 Å². The summed E-state index contributed by atoms with van der Waals surface area (Å²) in [5.41, 5.74) is 6.11. The van der Waals surface area contributed by atoms with E-state index in [0.29, 0.717) is 0 Å². The first kappa shape index (κ1) is 23.7. The van der Waals surface area contributed by atoms with Crippen molar-refractivity contribution in [3.8, 4) is 0 Å². The Balaban J connectivity index is 0.00000280. The normalized spacial score (nSPS) is 27.5. The van der Waals surface area contributed by atoms with Gasteiger partial charge in [-0.2, -0.15) is 4.31 Å². The number of ether oxygens (including phenoxy) is 1. The van der Waals surface area contributed by atoms with Crippen LogP contribution in [0, 0.1) is 0 Å². The van der Waals surface area contributed by atoms with Crippen molar-refractivity contribution in [3.63, 3.8) is 0 Å². The molecule has 1 fully saturated rings. The maximum absolute atomic E-state index is 11.5. The molecule has 3 heterocycles. The van der Waals surface area contributed by atoms with Crippen LogP contribution < -0.4 is 5.73 Å². The largest absolute Gasteiger partial charge is 0.481 e. The number of anilines is 1. The summed E-state index contributed by atoms with van der Waals surface area (Å²) >= 11 is 0. The molecular weight excluding hydrogens is 619 g/mol. The number of aliphatic hydroxyl groups excluding tert-OH is 2. The Morgan fingerprint density at radius 1 is 1.18 bits per heavy atom. The Kier molecular flexibility index (Phi) is 7.32. The van der Waals surface area contributed by atoms with Crippen LogP contribution in [0.4, 0.5) is 5.82 Å². The summed E-state index contributed by atoms with van der Waals surface area (Å²) in [5.74, 6) is 0.0856. The van der Waals surface area contributed by atoms with Gasteiger partial charge in [-0.05, 0) is 0 Å². The van der Waals surface area contributed by atoms with Crippen LogP contribution in [-0.2, 0) is 22.7 Å². The van der Waals surface area contributed by atoms with Crippen LogP contribution in [-0.4, -0.2) is 96.6 Å². The number of rotatable bonds is 6. The molecule has 1 saturated heterocycles. The van der Waals surface area contributed by atoms with Gasteiger partial charge in [0, 0.05) is 27.3 Å². The number of hydrogen-bond donors (Lipinski definition) is 6. The number of nitrogen functional groups attached to an aromatic ring is 1. The molecule has 4 radical (unpaired) electrons. The van der Waals surface area contributed by atoms with Gasteiger partial charge in [0.15, 0.2) is 17.7 Å².